The summed E-state index contributed by atoms with van der Waals surface area (Å²) >= 11 is 13.5. The van der Waals surface area contributed by atoms with Gasteiger partial charge in [-0.1, -0.05) is 35.0 Å². The van der Waals surface area contributed by atoms with Crippen LogP contribution in [0.3, 0.4) is 0 Å². The standard InChI is InChI=1S/C17H18Cl2N4OS/c1-9(16(24)20-14-8-11(18)4-7-13(14)19)25-17-22-21-15(10-2-3-10)23(17)12-5-6-12/h4,7-10,12H,2-3,5-6H2,1H3,(H,20,24)/t9-/m1/s1. The Hall–Kier alpha value is -1.24. The highest BCUT2D eigenvalue weighted by Crippen LogP contribution is 2.46. The molecule has 2 aliphatic carbocycles. The Labute approximate surface area is 160 Å². The molecule has 0 unspecified atom stereocenters. The number of amides is 1. The topological polar surface area (TPSA) is 59.8 Å². The molecule has 2 aliphatic rings. The SMILES string of the molecule is C[C@@H](Sc1nnc(C2CC2)n1C1CC1)C(=O)Nc1cc(Cl)ccc1Cl. The van der Waals surface area contributed by atoms with Crippen LogP contribution in [0.1, 0.15) is 50.4 Å². The molecule has 1 N–H and O–H groups in total. The molecule has 0 aliphatic heterocycles. The monoisotopic (exact) mass is 396 g/mol. The van der Waals surface area contributed by atoms with Crippen LogP contribution in [0, 0.1) is 0 Å². The maximum Gasteiger partial charge on any atom is 0.237 e. The highest BCUT2D eigenvalue weighted by molar-refractivity contribution is 8.00. The molecule has 4 rings (SSSR count). The van der Waals surface area contributed by atoms with E-state index in [-0.39, 0.29) is 11.2 Å². The van der Waals surface area contributed by atoms with Crippen molar-refractivity contribution in [2.75, 3.05) is 5.32 Å². The molecule has 132 valence electrons. The van der Waals surface area contributed by atoms with Crippen LogP contribution in [-0.2, 0) is 4.79 Å². The molecule has 25 heavy (non-hydrogen) atoms. The van der Waals surface area contributed by atoms with Gasteiger partial charge < -0.3 is 9.88 Å². The molecule has 1 amide bonds. The summed E-state index contributed by atoms with van der Waals surface area (Å²) in [6.45, 7) is 1.86. The third kappa shape index (κ3) is 3.81. The first-order valence-corrected chi connectivity index (χ1v) is 10.0. The van der Waals surface area contributed by atoms with Gasteiger partial charge in [-0.05, 0) is 50.8 Å². The Morgan fingerprint density at radius 1 is 1.28 bits per heavy atom. The Kier molecular flexibility index (Phi) is 4.69. The number of rotatable bonds is 6. The zero-order valence-electron chi connectivity index (χ0n) is 13.7. The largest absolute Gasteiger partial charge is 0.324 e. The van der Waals surface area contributed by atoms with Gasteiger partial charge in [0, 0.05) is 17.0 Å². The Balaban J connectivity index is 1.47. The summed E-state index contributed by atoms with van der Waals surface area (Å²) in [5, 5.41) is 13.1. The molecular formula is C17H18Cl2N4OS. The van der Waals surface area contributed by atoms with Gasteiger partial charge >= 0.3 is 0 Å². The van der Waals surface area contributed by atoms with Gasteiger partial charge in [-0.3, -0.25) is 4.79 Å². The van der Waals surface area contributed by atoms with Crippen molar-refractivity contribution in [1.29, 1.82) is 0 Å². The number of carbonyl (C=O) groups is 1. The first kappa shape index (κ1) is 17.2. The fraction of sp³-hybridized carbons (Fsp3) is 0.471. The van der Waals surface area contributed by atoms with Crippen molar-refractivity contribution in [1.82, 2.24) is 14.8 Å². The average Bonchev–Trinajstić information content (AvgIpc) is 3.50. The summed E-state index contributed by atoms with van der Waals surface area (Å²) < 4.78 is 2.25. The highest BCUT2D eigenvalue weighted by atomic mass is 35.5. The molecular weight excluding hydrogens is 379 g/mol. The maximum absolute atomic E-state index is 12.5. The van der Waals surface area contributed by atoms with Crippen LogP contribution in [-0.4, -0.2) is 25.9 Å². The van der Waals surface area contributed by atoms with Gasteiger partial charge in [0.15, 0.2) is 5.16 Å². The zero-order chi connectivity index (χ0) is 17.6. The first-order valence-electron chi connectivity index (χ1n) is 8.40. The number of benzene rings is 1. The molecule has 1 aromatic heterocycles. The lowest BCUT2D eigenvalue weighted by atomic mass is 10.3. The molecule has 0 radical (unpaired) electrons. The van der Waals surface area contributed by atoms with Crippen molar-refractivity contribution in [3.05, 3.63) is 34.1 Å². The Morgan fingerprint density at radius 2 is 2.04 bits per heavy atom. The van der Waals surface area contributed by atoms with Gasteiger partial charge in [0.25, 0.3) is 0 Å². The summed E-state index contributed by atoms with van der Waals surface area (Å²) in [6, 6.07) is 5.51. The first-order chi connectivity index (χ1) is 12.0. The number of carbonyl (C=O) groups excluding carboxylic acids is 1. The van der Waals surface area contributed by atoms with E-state index in [1.54, 1.807) is 18.2 Å². The van der Waals surface area contributed by atoms with Gasteiger partial charge in [0.1, 0.15) is 5.82 Å². The highest BCUT2D eigenvalue weighted by Gasteiger charge is 2.37. The predicted molar refractivity (Wildman–Crippen MR) is 101 cm³/mol. The molecule has 2 aromatic rings. The fourth-order valence-electron chi connectivity index (χ4n) is 2.70. The minimum absolute atomic E-state index is 0.132. The second kappa shape index (κ2) is 6.82. The van der Waals surface area contributed by atoms with Crippen molar-refractivity contribution >= 4 is 46.6 Å². The summed E-state index contributed by atoms with van der Waals surface area (Å²) in [4.78, 5) is 12.5. The second-order valence-corrected chi connectivity index (χ2v) is 8.74. The third-order valence-corrected chi connectivity index (χ3v) is 6.00. The van der Waals surface area contributed by atoms with Crippen LogP contribution < -0.4 is 5.32 Å². The minimum atomic E-state index is -0.316. The van der Waals surface area contributed by atoms with E-state index in [1.807, 2.05) is 6.92 Å². The minimum Gasteiger partial charge on any atom is -0.324 e. The van der Waals surface area contributed by atoms with E-state index < -0.39 is 0 Å². The molecule has 1 atom stereocenters. The molecule has 8 heteroatoms. The molecule has 1 aromatic carbocycles. The number of hydrogen-bond donors (Lipinski definition) is 1. The van der Waals surface area contributed by atoms with Crippen LogP contribution in [0.15, 0.2) is 23.4 Å². The lowest BCUT2D eigenvalue weighted by molar-refractivity contribution is -0.115. The van der Waals surface area contributed by atoms with Crippen molar-refractivity contribution < 1.29 is 4.79 Å². The van der Waals surface area contributed by atoms with E-state index in [4.69, 9.17) is 23.2 Å². The summed E-state index contributed by atoms with van der Waals surface area (Å²) in [6.07, 6.45) is 4.73. The van der Waals surface area contributed by atoms with Gasteiger partial charge in [-0.15, -0.1) is 10.2 Å². The number of halogens is 2. The summed E-state index contributed by atoms with van der Waals surface area (Å²) in [7, 11) is 0. The van der Waals surface area contributed by atoms with E-state index in [0.717, 1.165) is 11.0 Å². The molecule has 5 nitrogen and oxygen atoms in total. The van der Waals surface area contributed by atoms with Crippen molar-refractivity contribution in [2.45, 2.75) is 55.0 Å². The number of anilines is 1. The predicted octanol–water partition coefficient (Wildman–Crippen LogP) is 4.92. The molecule has 2 fully saturated rings. The molecule has 0 saturated heterocycles. The lowest BCUT2D eigenvalue weighted by Crippen LogP contribution is -2.23. The zero-order valence-corrected chi connectivity index (χ0v) is 16.0. The van der Waals surface area contributed by atoms with Gasteiger partial charge in [-0.2, -0.15) is 0 Å². The van der Waals surface area contributed by atoms with E-state index in [2.05, 4.69) is 20.1 Å². The van der Waals surface area contributed by atoms with Crippen molar-refractivity contribution in [2.24, 2.45) is 0 Å². The van der Waals surface area contributed by atoms with Gasteiger partial charge in [0.05, 0.1) is 16.0 Å². The number of nitrogens with one attached hydrogen (secondary N) is 1. The maximum atomic E-state index is 12.5. The Bertz CT molecular complexity index is 817. The number of aromatic nitrogens is 3. The van der Waals surface area contributed by atoms with Crippen molar-refractivity contribution in [3.8, 4) is 0 Å². The molecule has 1 heterocycles. The third-order valence-electron chi connectivity index (χ3n) is 4.38. The van der Waals surface area contributed by atoms with Crippen LogP contribution in [0.4, 0.5) is 5.69 Å². The van der Waals surface area contributed by atoms with Crippen LogP contribution >= 0.6 is 35.0 Å². The van der Waals surface area contributed by atoms with E-state index in [0.29, 0.717) is 27.7 Å². The van der Waals surface area contributed by atoms with E-state index in [1.165, 1.54) is 37.4 Å². The number of thioether (sulfide) groups is 1. The molecule has 0 spiro atoms. The average molecular weight is 397 g/mol. The molecule has 2 saturated carbocycles. The fourth-order valence-corrected chi connectivity index (χ4v) is 3.97. The van der Waals surface area contributed by atoms with Crippen LogP contribution in [0.5, 0.6) is 0 Å². The quantitative estimate of drug-likeness (QED) is 0.704. The van der Waals surface area contributed by atoms with Crippen LogP contribution in [0.25, 0.3) is 0 Å². The summed E-state index contributed by atoms with van der Waals surface area (Å²) in [5.74, 6) is 1.51. The van der Waals surface area contributed by atoms with Crippen molar-refractivity contribution in [3.63, 3.8) is 0 Å². The number of hydrogen-bond acceptors (Lipinski definition) is 4. The molecule has 0 bridgehead atoms. The Morgan fingerprint density at radius 3 is 2.72 bits per heavy atom. The lowest BCUT2D eigenvalue weighted by Gasteiger charge is -2.14. The van der Waals surface area contributed by atoms with E-state index in [9.17, 15) is 4.79 Å². The normalized spacial score (nSPS) is 18.2. The number of nitrogens with zero attached hydrogens (tertiary/aromatic N) is 3. The van der Waals surface area contributed by atoms with Gasteiger partial charge in [-0.25, -0.2) is 0 Å². The second-order valence-electron chi connectivity index (χ2n) is 6.59. The van der Waals surface area contributed by atoms with Gasteiger partial charge in [0.2, 0.25) is 5.91 Å². The van der Waals surface area contributed by atoms with E-state index >= 15 is 0 Å². The smallest absolute Gasteiger partial charge is 0.237 e. The summed E-state index contributed by atoms with van der Waals surface area (Å²) in [5.41, 5.74) is 0.522. The van der Waals surface area contributed by atoms with Crippen LogP contribution in [0.2, 0.25) is 10.0 Å².